The lowest BCUT2D eigenvalue weighted by Gasteiger charge is -2.35. The third-order valence-corrected chi connectivity index (χ3v) is 5.82. The number of para-hydroxylation sites is 3. The van der Waals surface area contributed by atoms with E-state index < -0.39 is 6.10 Å². The predicted octanol–water partition coefficient (Wildman–Crippen LogP) is 2.70. The number of anilines is 1. The Morgan fingerprint density at radius 1 is 1.00 bits per heavy atom. The van der Waals surface area contributed by atoms with Gasteiger partial charge in [0.2, 0.25) is 5.91 Å². The Labute approximate surface area is 190 Å². The van der Waals surface area contributed by atoms with Crippen molar-refractivity contribution in [2.45, 2.75) is 26.4 Å². The first-order valence-electron chi connectivity index (χ1n) is 11.2. The number of hydrogen-bond acceptors (Lipinski definition) is 6. The average molecular weight is 442 g/mol. The lowest BCUT2D eigenvalue weighted by molar-refractivity contribution is -0.117. The van der Waals surface area contributed by atoms with E-state index in [0.29, 0.717) is 37.6 Å². The number of carbonyl (C=O) groups is 1. The predicted molar refractivity (Wildman–Crippen MR) is 127 cm³/mol. The molecule has 1 amide bonds. The van der Waals surface area contributed by atoms with Crippen LogP contribution in [-0.2, 0) is 4.79 Å². The smallest absolute Gasteiger partial charge is 0.238 e. The summed E-state index contributed by atoms with van der Waals surface area (Å²) in [5.41, 5.74) is 3.06. The molecule has 2 N–H and O–H groups in total. The molecule has 1 unspecified atom stereocenters. The SMILES string of the molecule is COc1ccccc1OCCC(O)CN1CCN(CC(=O)Nc2c(C)cccc2C)CC1. The van der Waals surface area contributed by atoms with Gasteiger partial charge in [0.05, 0.1) is 26.4 Å². The van der Waals surface area contributed by atoms with Crippen LogP contribution in [0.25, 0.3) is 0 Å². The highest BCUT2D eigenvalue weighted by Crippen LogP contribution is 2.26. The number of methoxy groups -OCH3 is 1. The van der Waals surface area contributed by atoms with E-state index in [1.807, 2.05) is 56.3 Å². The van der Waals surface area contributed by atoms with Crippen molar-refractivity contribution < 1.29 is 19.4 Å². The summed E-state index contributed by atoms with van der Waals surface area (Å²) in [5, 5.41) is 13.5. The van der Waals surface area contributed by atoms with Crippen molar-refractivity contribution in [2.24, 2.45) is 0 Å². The Morgan fingerprint density at radius 2 is 1.62 bits per heavy atom. The number of nitrogens with zero attached hydrogens (tertiary/aromatic N) is 2. The molecular formula is C25H35N3O4. The quantitative estimate of drug-likeness (QED) is 0.591. The summed E-state index contributed by atoms with van der Waals surface area (Å²) in [4.78, 5) is 16.9. The molecule has 1 aliphatic heterocycles. The van der Waals surface area contributed by atoms with Crippen LogP contribution in [0, 0.1) is 13.8 Å². The van der Waals surface area contributed by atoms with Crippen LogP contribution in [0.15, 0.2) is 42.5 Å². The number of β-amino-alcohol motifs (C(OH)–C–C–N with tert-alkyl or cyclic N) is 1. The topological polar surface area (TPSA) is 74.3 Å². The van der Waals surface area contributed by atoms with Crippen molar-refractivity contribution in [1.82, 2.24) is 9.80 Å². The van der Waals surface area contributed by atoms with Crippen LogP contribution in [0.5, 0.6) is 11.5 Å². The van der Waals surface area contributed by atoms with Gasteiger partial charge in [0.25, 0.3) is 0 Å². The van der Waals surface area contributed by atoms with Gasteiger partial charge in [-0.15, -0.1) is 0 Å². The van der Waals surface area contributed by atoms with Gasteiger partial charge in [0, 0.05) is 44.8 Å². The second-order valence-electron chi connectivity index (χ2n) is 8.33. The number of rotatable bonds is 10. The van der Waals surface area contributed by atoms with E-state index in [-0.39, 0.29) is 5.91 Å². The maximum atomic E-state index is 12.5. The summed E-state index contributed by atoms with van der Waals surface area (Å²) in [6, 6.07) is 13.5. The Balaban J connectivity index is 1.35. The van der Waals surface area contributed by atoms with Crippen LogP contribution in [-0.4, -0.2) is 79.9 Å². The zero-order valence-electron chi connectivity index (χ0n) is 19.3. The van der Waals surface area contributed by atoms with Crippen molar-refractivity contribution in [1.29, 1.82) is 0 Å². The molecule has 1 heterocycles. The average Bonchev–Trinajstić information content (AvgIpc) is 2.78. The molecule has 0 spiro atoms. The van der Waals surface area contributed by atoms with Gasteiger partial charge in [0.15, 0.2) is 11.5 Å². The van der Waals surface area contributed by atoms with Gasteiger partial charge in [-0.05, 0) is 37.1 Å². The molecule has 32 heavy (non-hydrogen) atoms. The van der Waals surface area contributed by atoms with E-state index >= 15 is 0 Å². The number of ether oxygens (including phenoxy) is 2. The minimum Gasteiger partial charge on any atom is -0.493 e. The molecule has 2 aromatic carbocycles. The van der Waals surface area contributed by atoms with Gasteiger partial charge in [0.1, 0.15) is 0 Å². The molecule has 0 aliphatic carbocycles. The number of carbonyl (C=O) groups excluding carboxylic acids is 1. The number of nitrogens with one attached hydrogen (secondary N) is 1. The highest BCUT2D eigenvalue weighted by atomic mass is 16.5. The Morgan fingerprint density at radius 3 is 2.28 bits per heavy atom. The first-order chi connectivity index (χ1) is 15.5. The Bertz CT molecular complexity index is 861. The maximum absolute atomic E-state index is 12.5. The highest BCUT2D eigenvalue weighted by molar-refractivity contribution is 5.93. The number of amides is 1. The highest BCUT2D eigenvalue weighted by Gasteiger charge is 2.21. The minimum absolute atomic E-state index is 0.0179. The molecule has 1 atom stereocenters. The van der Waals surface area contributed by atoms with Gasteiger partial charge in [-0.2, -0.15) is 0 Å². The van der Waals surface area contributed by atoms with Crippen LogP contribution in [0.4, 0.5) is 5.69 Å². The van der Waals surface area contributed by atoms with E-state index in [0.717, 1.165) is 43.0 Å². The number of hydrogen-bond donors (Lipinski definition) is 2. The minimum atomic E-state index is -0.455. The van der Waals surface area contributed by atoms with Gasteiger partial charge >= 0.3 is 0 Å². The van der Waals surface area contributed by atoms with Crippen molar-refractivity contribution in [3.63, 3.8) is 0 Å². The summed E-state index contributed by atoms with van der Waals surface area (Å²) >= 11 is 0. The number of aliphatic hydroxyl groups excluding tert-OH is 1. The summed E-state index contributed by atoms with van der Waals surface area (Å²) < 4.78 is 11.0. The molecule has 0 radical (unpaired) electrons. The van der Waals surface area contributed by atoms with Crippen LogP contribution in [0.1, 0.15) is 17.5 Å². The monoisotopic (exact) mass is 441 g/mol. The van der Waals surface area contributed by atoms with Gasteiger partial charge in [-0.1, -0.05) is 30.3 Å². The fourth-order valence-corrected chi connectivity index (χ4v) is 3.96. The molecule has 0 saturated carbocycles. The molecule has 0 aromatic heterocycles. The Kier molecular flexibility index (Phi) is 8.90. The lowest BCUT2D eigenvalue weighted by Crippen LogP contribution is -2.50. The number of aryl methyl sites for hydroxylation is 2. The van der Waals surface area contributed by atoms with Gasteiger partial charge in [-0.3, -0.25) is 14.6 Å². The van der Waals surface area contributed by atoms with E-state index in [4.69, 9.17) is 9.47 Å². The fraction of sp³-hybridized carbons (Fsp3) is 0.480. The summed E-state index contributed by atoms with van der Waals surface area (Å²) in [6.45, 7) is 8.73. The van der Waals surface area contributed by atoms with Crippen LogP contribution in [0.2, 0.25) is 0 Å². The standard InChI is InChI=1S/C25H35N3O4/c1-19-7-6-8-20(2)25(19)26-24(30)18-28-14-12-27(13-15-28)17-21(29)11-16-32-23-10-5-4-9-22(23)31-3/h4-10,21,29H,11-18H2,1-3H3,(H,26,30). The first-order valence-corrected chi connectivity index (χ1v) is 11.2. The largest absolute Gasteiger partial charge is 0.493 e. The van der Waals surface area contributed by atoms with Crippen molar-refractivity contribution in [3.8, 4) is 11.5 Å². The maximum Gasteiger partial charge on any atom is 0.238 e. The first kappa shape index (κ1) is 24.0. The molecule has 1 saturated heterocycles. The number of benzene rings is 2. The number of aliphatic hydroxyl groups is 1. The van der Waals surface area contributed by atoms with E-state index in [9.17, 15) is 9.90 Å². The number of piperazine rings is 1. The lowest BCUT2D eigenvalue weighted by atomic mass is 10.1. The normalized spacial score (nSPS) is 15.9. The fourth-order valence-electron chi connectivity index (χ4n) is 3.96. The van der Waals surface area contributed by atoms with E-state index in [2.05, 4.69) is 15.1 Å². The molecule has 7 nitrogen and oxygen atoms in total. The zero-order valence-corrected chi connectivity index (χ0v) is 19.3. The van der Waals surface area contributed by atoms with Crippen LogP contribution < -0.4 is 14.8 Å². The molecular weight excluding hydrogens is 406 g/mol. The molecule has 2 aromatic rings. The molecule has 0 bridgehead atoms. The van der Waals surface area contributed by atoms with Crippen molar-refractivity contribution in [2.75, 3.05) is 58.3 Å². The third kappa shape index (κ3) is 6.95. The van der Waals surface area contributed by atoms with Crippen molar-refractivity contribution >= 4 is 11.6 Å². The second-order valence-corrected chi connectivity index (χ2v) is 8.33. The molecule has 7 heteroatoms. The third-order valence-electron chi connectivity index (χ3n) is 5.82. The van der Waals surface area contributed by atoms with E-state index in [1.165, 1.54) is 0 Å². The van der Waals surface area contributed by atoms with Gasteiger partial charge < -0.3 is 19.9 Å². The van der Waals surface area contributed by atoms with Crippen molar-refractivity contribution in [3.05, 3.63) is 53.6 Å². The summed E-state index contributed by atoms with van der Waals surface area (Å²) in [5.74, 6) is 1.40. The molecule has 1 fully saturated rings. The molecule has 3 rings (SSSR count). The molecule has 174 valence electrons. The van der Waals surface area contributed by atoms with E-state index in [1.54, 1.807) is 7.11 Å². The Hall–Kier alpha value is -2.61. The van der Waals surface area contributed by atoms with Crippen LogP contribution >= 0.6 is 0 Å². The zero-order chi connectivity index (χ0) is 22.9. The molecule has 1 aliphatic rings. The summed E-state index contributed by atoms with van der Waals surface area (Å²) in [6.07, 6.45) is 0.0970. The van der Waals surface area contributed by atoms with Gasteiger partial charge in [-0.25, -0.2) is 0 Å². The second kappa shape index (κ2) is 11.9. The summed E-state index contributed by atoms with van der Waals surface area (Å²) in [7, 11) is 1.62. The van der Waals surface area contributed by atoms with Crippen LogP contribution in [0.3, 0.4) is 0 Å².